The van der Waals surface area contributed by atoms with Gasteiger partial charge in [0.25, 0.3) is 0 Å². The zero-order valence-electron chi connectivity index (χ0n) is 14.9. The second-order valence-electron chi connectivity index (χ2n) is 6.06. The van der Waals surface area contributed by atoms with E-state index in [0.29, 0.717) is 10.1 Å². The maximum absolute atomic E-state index is 12.8. The molecule has 0 aliphatic carbocycles. The van der Waals surface area contributed by atoms with E-state index in [9.17, 15) is 23.1 Å². The van der Waals surface area contributed by atoms with Crippen molar-refractivity contribution >= 4 is 21.9 Å². The van der Waals surface area contributed by atoms with Crippen LogP contribution in [0.4, 0.5) is 0 Å². The maximum Gasteiger partial charge on any atom is 0.324 e. The molecular weight excluding hydrogens is 374 g/mol. The summed E-state index contributed by atoms with van der Waals surface area (Å²) in [6.45, 7) is 2.71. The van der Waals surface area contributed by atoms with E-state index in [1.807, 2.05) is 0 Å². The number of carboxylic acids is 1. The summed E-state index contributed by atoms with van der Waals surface area (Å²) in [5, 5.41) is 11.8. The van der Waals surface area contributed by atoms with Crippen LogP contribution < -0.4 is 15.8 Å². The summed E-state index contributed by atoms with van der Waals surface area (Å²) in [5.74, 6) is 3.95. The topological polar surface area (TPSA) is 139 Å². The van der Waals surface area contributed by atoms with E-state index in [4.69, 9.17) is 10.5 Å². The molecule has 0 bridgehead atoms. The van der Waals surface area contributed by atoms with Crippen LogP contribution in [0.15, 0.2) is 29.2 Å². The first-order valence-corrected chi connectivity index (χ1v) is 9.58. The van der Waals surface area contributed by atoms with Gasteiger partial charge in [-0.1, -0.05) is 11.8 Å². The van der Waals surface area contributed by atoms with E-state index in [1.165, 1.54) is 31.2 Å². The smallest absolute Gasteiger partial charge is 0.324 e. The van der Waals surface area contributed by atoms with Gasteiger partial charge in [0.2, 0.25) is 15.9 Å². The van der Waals surface area contributed by atoms with Gasteiger partial charge in [-0.05, 0) is 38.1 Å². The number of sulfonamides is 1. The van der Waals surface area contributed by atoms with E-state index in [-0.39, 0.29) is 17.5 Å². The standard InChI is InChI=1S/C17H21N3O6S/c1-11(18)4-3-9-26-13-5-7-14(8-6-13)27(24,25)20-10-15(21)19-12(2)16(20)17(22)23/h5-8,11-12,16H,9-10,18H2,1-2H3,(H,19,21)(H,22,23). The summed E-state index contributed by atoms with van der Waals surface area (Å²) < 4.78 is 31.8. The molecule has 1 aromatic rings. The molecule has 1 aliphatic rings. The number of aliphatic carboxylic acids is 1. The fourth-order valence-corrected chi connectivity index (χ4v) is 4.21. The lowest BCUT2D eigenvalue weighted by Crippen LogP contribution is -2.63. The molecule has 1 fully saturated rings. The lowest BCUT2D eigenvalue weighted by atomic mass is 10.1. The van der Waals surface area contributed by atoms with E-state index in [1.54, 1.807) is 6.92 Å². The van der Waals surface area contributed by atoms with Gasteiger partial charge in [0.1, 0.15) is 18.4 Å². The first kappa shape index (κ1) is 20.7. The normalized spacial score (nSPS) is 21.5. The predicted octanol–water partition coefficient (Wildman–Crippen LogP) is -0.622. The molecule has 0 radical (unpaired) electrons. The number of hydrogen-bond acceptors (Lipinski definition) is 6. The van der Waals surface area contributed by atoms with Crippen molar-refractivity contribution in [2.75, 3.05) is 13.2 Å². The van der Waals surface area contributed by atoms with E-state index in [2.05, 4.69) is 17.2 Å². The highest BCUT2D eigenvalue weighted by molar-refractivity contribution is 7.89. The Balaban J connectivity index is 2.21. The highest BCUT2D eigenvalue weighted by atomic mass is 32.2. The fourth-order valence-electron chi connectivity index (χ4n) is 2.60. The molecule has 1 amide bonds. The number of carbonyl (C=O) groups is 2. The molecule has 1 heterocycles. The van der Waals surface area contributed by atoms with Crippen LogP contribution in [0.3, 0.4) is 0 Å². The highest BCUT2D eigenvalue weighted by Gasteiger charge is 2.44. The van der Waals surface area contributed by atoms with Gasteiger partial charge in [-0.2, -0.15) is 4.31 Å². The Hall–Kier alpha value is -2.61. The van der Waals surface area contributed by atoms with Crippen molar-refractivity contribution in [2.45, 2.75) is 36.9 Å². The second kappa shape index (κ2) is 8.39. The molecule has 0 saturated carbocycles. The van der Waals surface area contributed by atoms with Gasteiger partial charge in [-0.25, -0.2) is 8.42 Å². The van der Waals surface area contributed by atoms with Crippen molar-refractivity contribution in [1.29, 1.82) is 0 Å². The van der Waals surface area contributed by atoms with Crippen molar-refractivity contribution in [1.82, 2.24) is 9.62 Å². The lowest BCUT2D eigenvalue weighted by molar-refractivity contribution is -0.144. The van der Waals surface area contributed by atoms with E-state index < -0.39 is 40.5 Å². The molecular formula is C17H21N3O6S. The summed E-state index contributed by atoms with van der Waals surface area (Å²) in [6.07, 6.45) is 0. The number of nitrogens with one attached hydrogen (secondary N) is 1. The molecule has 146 valence electrons. The highest BCUT2D eigenvalue weighted by Crippen LogP contribution is 2.24. The van der Waals surface area contributed by atoms with Gasteiger partial charge in [0.15, 0.2) is 0 Å². The number of nitrogens with two attached hydrogens (primary N) is 1. The summed E-state index contributed by atoms with van der Waals surface area (Å²) in [5.41, 5.74) is 5.49. The Kier molecular flexibility index (Phi) is 6.43. The monoisotopic (exact) mass is 395 g/mol. The van der Waals surface area contributed by atoms with Gasteiger partial charge in [0.05, 0.1) is 23.5 Å². The zero-order chi connectivity index (χ0) is 20.2. The molecule has 1 aromatic carbocycles. The molecule has 0 spiro atoms. The molecule has 0 aromatic heterocycles. The van der Waals surface area contributed by atoms with Gasteiger partial charge >= 0.3 is 5.97 Å². The van der Waals surface area contributed by atoms with Crippen molar-refractivity contribution in [3.05, 3.63) is 24.3 Å². The Morgan fingerprint density at radius 1 is 1.44 bits per heavy atom. The van der Waals surface area contributed by atoms with Gasteiger partial charge in [0, 0.05) is 0 Å². The average Bonchev–Trinajstić information content (AvgIpc) is 2.58. The first-order valence-electron chi connectivity index (χ1n) is 8.13. The van der Waals surface area contributed by atoms with Crippen LogP contribution in [-0.4, -0.2) is 61.0 Å². The number of benzene rings is 1. The Labute approximate surface area is 157 Å². The Bertz CT molecular complexity index is 870. The SMILES string of the molecule is CC(N)C#CCOc1ccc(S(=O)(=O)N2CC(=O)NC(C)C2C(=O)O)cc1. The van der Waals surface area contributed by atoms with Crippen molar-refractivity contribution in [3.8, 4) is 17.6 Å². The molecule has 2 rings (SSSR count). The third kappa shape index (κ3) is 4.97. The summed E-state index contributed by atoms with van der Waals surface area (Å²) >= 11 is 0. The number of rotatable bonds is 5. The molecule has 1 aliphatic heterocycles. The van der Waals surface area contributed by atoms with Crippen molar-refractivity contribution < 1.29 is 27.9 Å². The van der Waals surface area contributed by atoms with Crippen LogP contribution in [0.1, 0.15) is 13.8 Å². The minimum absolute atomic E-state index is 0.0958. The van der Waals surface area contributed by atoms with Crippen LogP contribution in [0.25, 0.3) is 0 Å². The largest absolute Gasteiger partial charge is 0.481 e. The third-order valence-electron chi connectivity index (χ3n) is 3.80. The van der Waals surface area contributed by atoms with Gasteiger partial charge in [-0.3, -0.25) is 9.59 Å². The third-order valence-corrected chi connectivity index (χ3v) is 5.64. The van der Waals surface area contributed by atoms with E-state index >= 15 is 0 Å². The second-order valence-corrected chi connectivity index (χ2v) is 7.95. The molecule has 10 heteroatoms. The first-order chi connectivity index (χ1) is 12.6. The quantitative estimate of drug-likeness (QED) is 0.565. The van der Waals surface area contributed by atoms with Crippen LogP contribution in [0, 0.1) is 11.8 Å². The summed E-state index contributed by atoms with van der Waals surface area (Å²) in [7, 11) is -4.18. The molecule has 9 nitrogen and oxygen atoms in total. The average molecular weight is 395 g/mol. The van der Waals surface area contributed by atoms with Crippen molar-refractivity contribution in [2.24, 2.45) is 5.73 Å². The summed E-state index contributed by atoms with van der Waals surface area (Å²) in [4.78, 5) is 23.1. The number of amides is 1. The molecule has 27 heavy (non-hydrogen) atoms. The van der Waals surface area contributed by atoms with Crippen LogP contribution in [0.5, 0.6) is 5.75 Å². The van der Waals surface area contributed by atoms with Gasteiger partial charge < -0.3 is 20.9 Å². The minimum Gasteiger partial charge on any atom is -0.481 e. The fraction of sp³-hybridized carbons (Fsp3) is 0.412. The lowest BCUT2D eigenvalue weighted by Gasteiger charge is -2.36. The number of carboxylic acid groups (broad SMARTS) is 1. The number of carbonyl (C=O) groups excluding carboxylic acids is 1. The molecule has 3 unspecified atom stereocenters. The van der Waals surface area contributed by atoms with Crippen LogP contribution in [0.2, 0.25) is 0 Å². The molecule has 3 atom stereocenters. The maximum atomic E-state index is 12.8. The summed E-state index contributed by atoms with van der Waals surface area (Å²) in [6, 6.07) is 2.93. The Morgan fingerprint density at radius 3 is 2.63 bits per heavy atom. The molecule has 1 saturated heterocycles. The molecule has 4 N–H and O–H groups in total. The minimum atomic E-state index is -4.18. The number of hydrogen-bond donors (Lipinski definition) is 3. The number of ether oxygens (including phenoxy) is 1. The predicted molar refractivity (Wildman–Crippen MR) is 96.3 cm³/mol. The number of piperazine rings is 1. The van der Waals surface area contributed by atoms with Crippen LogP contribution >= 0.6 is 0 Å². The number of nitrogens with zero attached hydrogens (tertiary/aromatic N) is 1. The Morgan fingerprint density at radius 2 is 2.07 bits per heavy atom. The van der Waals surface area contributed by atoms with Crippen molar-refractivity contribution in [3.63, 3.8) is 0 Å². The van der Waals surface area contributed by atoms with Crippen LogP contribution in [-0.2, 0) is 19.6 Å². The van der Waals surface area contributed by atoms with E-state index in [0.717, 1.165) is 0 Å². The van der Waals surface area contributed by atoms with Gasteiger partial charge in [-0.15, -0.1) is 0 Å². The zero-order valence-corrected chi connectivity index (χ0v) is 15.7.